The number of fused-ring (bicyclic) bond motifs is 1. The number of anilines is 1. The maximum Gasteiger partial charge on any atom is 0.433 e. The molecule has 180 valence electrons. The van der Waals surface area contributed by atoms with Crippen molar-refractivity contribution in [2.24, 2.45) is 0 Å². The number of methoxy groups -OCH3 is 2. The number of aromatic nitrogens is 3. The van der Waals surface area contributed by atoms with Gasteiger partial charge in [-0.1, -0.05) is 12.1 Å². The van der Waals surface area contributed by atoms with Crippen LogP contribution in [0, 0.1) is 0 Å². The first-order valence-corrected chi connectivity index (χ1v) is 10.2. The average molecular weight is 484 g/mol. The number of ether oxygens (including phenoxy) is 2. The van der Waals surface area contributed by atoms with Crippen molar-refractivity contribution in [1.82, 2.24) is 14.6 Å². The van der Waals surface area contributed by atoms with Gasteiger partial charge in [0.05, 0.1) is 19.9 Å². The first-order chi connectivity index (χ1) is 16.6. The number of hydrogen-bond donors (Lipinski definition) is 1. The van der Waals surface area contributed by atoms with Crippen LogP contribution < -0.4 is 14.8 Å². The third kappa shape index (κ3) is 4.79. The molecule has 0 radical (unpaired) electrons. The molecule has 0 spiro atoms. The number of benzene rings is 2. The van der Waals surface area contributed by atoms with Crippen LogP contribution in [0.5, 0.6) is 11.5 Å². The Morgan fingerprint density at radius 1 is 0.971 bits per heavy atom. The van der Waals surface area contributed by atoms with Gasteiger partial charge >= 0.3 is 6.18 Å². The number of amides is 1. The van der Waals surface area contributed by atoms with Gasteiger partial charge in [-0.05, 0) is 43.3 Å². The van der Waals surface area contributed by atoms with Crippen LogP contribution in [-0.2, 0) is 6.18 Å². The van der Waals surface area contributed by atoms with Gasteiger partial charge in [-0.3, -0.25) is 9.59 Å². The molecule has 0 unspecified atom stereocenters. The van der Waals surface area contributed by atoms with Crippen LogP contribution in [-0.4, -0.2) is 40.5 Å². The Hall–Kier alpha value is -4.41. The van der Waals surface area contributed by atoms with Crippen LogP contribution in [0.25, 0.3) is 16.9 Å². The molecule has 4 rings (SSSR count). The third-order valence-corrected chi connectivity index (χ3v) is 5.16. The molecular formula is C24H19F3N4O4. The molecule has 0 bridgehead atoms. The second-order valence-electron chi connectivity index (χ2n) is 7.48. The molecule has 2 heterocycles. The van der Waals surface area contributed by atoms with Gasteiger partial charge in [0.2, 0.25) is 0 Å². The number of nitrogens with one attached hydrogen (secondary N) is 1. The van der Waals surface area contributed by atoms with Crippen LogP contribution >= 0.6 is 0 Å². The summed E-state index contributed by atoms with van der Waals surface area (Å²) in [5.41, 5.74) is -0.526. The molecule has 35 heavy (non-hydrogen) atoms. The van der Waals surface area contributed by atoms with E-state index in [1.54, 1.807) is 30.3 Å². The normalized spacial score (nSPS) is 11.4. The highest BCUT2D eigenvalue weighted by molar-refractivity contribution is 6.04. The number of ketones is 1. The molecule has 0 saturated heterocycles. The lowest BCUT2D eigenvalue weighted by Gasteiger charge is -2.12. The summed E-state index contributed by atoms with van der Waals surface area (Å²) >= 11 is 0. The minimum Gasteiger partial charge on any atom is -0.493 e. The topological polar surface area (TPSA) is 94.8 Å². The zero-order valence-corrected chi connectivity index (χ0v) is 18.8. The summed E-state index contributed by atoms with van der Waals surface area (Å²) in [7, 11) is 2.85. The van der Waals surface area contributed by atoms with E-state index in [1.165, 1.54) is 33.3 Å². The second-order valence-corrected chi connectivity index (χ2v) is 7.48. The maximum absolute atomic E-state index is 13.9. The van der Waals surface area contributed by atoms with E-state index < -0.39 is 17.8 Å². The van der Waals surface area contributed by atoms with E-state index in [9.17, 15) is 22.8 Å². The number of alkyl halides is 3. The van der Waals surface area contributed by atoms with Gasteiger partial charge in [-0.2, -0.15) is 18.3 Å². The van der Waals surface area contributed by atoms with Crippen molar-refractivity contribution in [2.45, 2.75) is 13.1 Å². The molecule has 2 aromatic carbocycles. The van der Waals surface area contributed by atoms with Crippen molar-refractivity contribution in [3.8, 4) is 22.8 Å². The maximum atomic E-state index is 13.9. The minimum absolute atomic E-state index is 0.00629. The summed E-state index contributed by atoms with van der Waals surface area (Å²) in [5.74, 6) is -0.223. The minimum atomic E-state index is -4.78. The number of rotatable bonds is 6. The summed E-state index contributed by atoms with van der Waals surface area (Å²) in [5, 5.41) is 6.38. The van der Waals surface area contributed by atoms with E-state index in [0.29, 0.717) is 32.8 Å². The van der Waals surface area contributed by atoms with E-state index in [-0.39, 0.29) is 22.8 Å². The summed E-state index contributed by atoms with van der Waals surface area (Å²) < 4.78 is 52.6. The average Bonchev–Trinajstić information content (AvgIpc) is 3.26. The van der Waals surface area contributed by atoms with Gasteiger partial charge in [0, 0.05) is 22.9 Å². The molecule has 11 heteroatoms. The highest BCUT2D eigenvalue weighted by Gasteiger charge is 2.35. The predicted molar refractivity (Wildman–Crippen MR) is 121 cm³/mol. The van der Waals surface area contributed by atoms with Gasteiger partial charge in [-0.25, -0.2) is 9.50 Å². The fraction of sp³-hybridized carbons (Fsp3) is 0.167. The lowest BCUT2D eigenvalue weighted by molar-refractivity contribution is -0.142. The summed E-state index contributed by atoms with van der Waals surface area (Å²) in [6.45, 7) is 1.38. The number of hydrogen-bond acceptors (Lipinski definition) is 6. The number of halogens is 3. The fourth-order valence-electron chi connectivity index (χ4n) is 3.44. The summed E-state index contributed by atoms with van der Waals surface area (Å²) in [6.07, 6.45) is -4.78. The van der Waals surface area contributed by atoms with Crippen LogP contribution in [0.15, 0.2) is 54.6 Å². The van der Waals surface area contributed by atoms with E-state index >= 15 is 0 Å². The van der Waals surface area contributed by atoms with E-state index in [2.05, 4.69) is 15.4 Å². The molecule has 0 aliphatic rings. The Balaban J connectivity index is 1.77. The summed E-state index contributed by atoms with van der Waals surface area (Å²) in [6, 6.07) is 12.8. The summed E-state index contributed by atoms with van der Waals surface area (Å²) in [4.78, 5) is 28.6. The zero-order valence-electron chi connectivity index (χ0n) is 18.8. The number of carbonyl (C=O) groups is 2. The van der Waals surface area contributed by atoms with Gasteiger partial charge in [-0.15, -0.1) is 0 Å². The highest BCUT2D eigenvalue weighted by atomic mass is 19.4. The Morgan fingerprint density at radius 2 is 1.71 bits per heavy atom. The molecule has 2 aromatic heterocycles. The van der Waals surface area contributed by atoms with Crippen molar-refractivity contribution in [3.05, 3.63) is 71.5 Å². The van der Waals surface area contributed by atoms with Crippen LogP contribution in [0.2, 0.25) is 0 Å². The van der Waals surface area contributed by atoms with Crippen molar-refractivity contribution >= 4 is 23.0 Å². The standard InChI is InChI=1S/C24H19F3N4O4/c1-13(32)14-5-4-6-16(9-14)28-23(33)18-12-22-29-17(11-21(24(25,26)27)31(22)30-18)15-7-8-19(34-2)20(10-15)35-3/h4-12H,1-3H3,(H,28,33). The molecule has 0 aliphatic carbocycles. The smallest absolute Gasteiger partial charge is 0.433 e. The lowest BCUT2D eigenvalue weighted by Crippen LogP contribution is -2.16. The Morgan fingerprint density at radius 3 is 2.37 bits per heavy atom. The molecular weight excluding hydrogens is 465 g/mol. The van der Waals surface area contributed by atoms with Crippen molar-refractivity contribution in [1.29, 1.82) is 0 Å². The predicted octanol–water partition coefficient (Wildman–Crippen LogP) is 4.89. The van der Waals surface area contributed by atoms with Gasteiger partial charge in [0.15, 0.2) is 34.3 Å². The zero-order chi connectivity index (χ0) is 25.3. The van der Waals surface area contributed by atoms with Crippen LogP contribution in [0.3, 0.4) is 0 Å². The molecule has 0 fully saturated rings. The molecule has 0 saturated carbocycles. The van der Waals surface area contributed by atoms with Gasteiger partial charge in [0.1, 0.15) is 0 Å². The SMILES string of the molecule is COc1ccc(-c2cc(C(F)(F)F)n3nc(C(=O)Nc4cccc(C(C)=O)c4)cc3n2)cc1OC. The largest absolute Gasteiger partial charge is 0.493 e. The Kier molecular flexibility index (Phi) is 6.16. The van der Waals surface area contributed by atoms with Crippen molar-refractivity contribution in [3.63, 3.8) is 0 Å². The molecule has 8 nitrogen and oxygen atoms in total. The number of carbonyl (C=O) groups excluding carboxylic acids is 2. The monoisotopic (exact) mass is 484 g/mol. The lowest BCUT2D eigenvalue weighted by atomic mass is 10.1. The second kappa shape index (κ2) is 9.09. The Labute approximate surface area is 197 Å². The first-order valence-electron chi connectivity index (χ1n) is 10.2. The van der Waals surface area contributed by atoms with Crippen molar-refractivity contribution < 1.29 is 32.2 Å². The highest BCUT2D eigenvalue weighted by Crippen LogP contribution is 2.35. The molecule has 0 atom stereocenters. The fourth-order valence-corrected chi connectivity index (χ4v) is 3.44. The molecule has 0 aliphatic heterocycles. The van der Waals surface area contributed by atoms with Crippen LogP contribution in [0.1, 0.15) is 33.5 Å². The van der Waals surface area contributed by atoms with Crippen molar-refractivity contribution in [2.75, 3.05) is 19.5 Å². The van der Waals surface area contributed by atoms with Crippen LogP contribution in [0.4, 0.5) is 18.9 Å². The molecule has 1 amide bonds. The van der Waals surface area contributed by atoms with Gasteiger partial charge in [0.25, 0.3) is 5.91 Å². The van der Waals surface area contributed by atoms with E-state index in [4.69, 9.17) is 9.47 Å². The van der Waals surface area contributed by atoms with Gasteiger partial charge < -0.3 is 14.8 Å². The van der Waals surface area contributed by atoms with E-state index in [0.717, 1.165) is 12.1 Å². The van der Waals surface area contributed by atoms with E-state index in [1.807, 2.05) is 0 Å². The molecule has 1 N–H and O–H groups in total. The quantitative estimate of drug-likeness (QED) is 0.392. The third-order valence-electron chi connectivity index (χ3n) is 5.16. The Bertz CT molecular complexity index is 1450. The number of Topliss-reactive ketones (excluding diaryl/α,β-unsaturated/α-hetero) is 1. The molecule has 4 aromatic rings. The number of nitrogens with zero attached hydrogens (tertiary/aromatic N) is 3. The first kappa shape index (κ1) is 23.7.